The van der Waals surface area contributed by atoms with Crippen LogP contribution in [0.1, 0.15) is 50.3 Å². The second-order valence-electron chi connectivity index (χ2n) is 4.90. The van der Waals surface area contributed by atoms with E-state index < -0.39 is 0 Å². The van der Waals surface area contributed by atoms with Crippen molar-refractivity contribution in [3.05, 3.63) is 35.4 Å². The lowest BCUT2D eigenvalue weighted by molar-refractivity contribution is 0.299. The molecule has 1 aromatic carbocycles. The van der Waals surface area contributed by atoms with Crippen LogP contribution in [0.5, 0.6) is 0 Å². The highest BCUT2D eigenvalue weighted by Crippen LogP contribution is 2.29. The predicted molar refractivity (Wildman–Crippen MR) is 69.6 cm³/mol. The van der Waals surface area contributed by atoms with Crippen LogP contribution in [-0.4, -0.2) is 6.54 Å². The van der Waals surface area contributed by atoms with Gasteiger partial charge in [-0.3, -0.25) is 0 Å². The van der Waals surface area contributed by atoms with Gasteiger partial charge in [-0.05, 0) is 42.9 Å². The topological polar surface area (TPSA) is 12.0 Å². The smallest absolute Gasteiger partial charge is 0.0322 e. The molecule has 1 aliphatic heterocycles. The average molecular weight is 217 g/mol. The Morgan fingerprint density at radius 2 is 1.94 bits per heavy atom. The second-order valence-corrected chi connectivity index (χ2v) is 4.90. The largest absolute Gasteiger partial charge is 0.310 e. The standard InChI is InChI=1S/C15H23N/c1-3-12-5-7-14(8-6-12)15-11-13(4-2)9-10-16-15/h5-8,13,15-16H,3-4,9-11H2,1-2H3. The maximum Gasteiger partial charge on any atom is 0.0322 e. The molecule has 1 nitrogen and oxygen atoms in total. The van der Waals surface area contributed by atoms with Gasteiger partial charge in [-0.25, -0.2) is 0 Å². The third-order valence-electron chi connectivity index (χ3n) is 3.88. The summed E-state index contributed by atoms with van der Waals surface area (Å²) in [5.41, 5.74) is 2.90. The molecule has 1 aliphatic rings. The third kappa shape index (κ3) is 2.65. The molecule has 0 aliphatic carbocycles. The van der Waals surface area contributed by atoms with Crippen molar-refractivity contribution in [3.63, 3.8) is 0 Å². The van der Waals surface area contributed by atoms with Crippen LogP contribution in [0.4, 0.5) is 0 Å². The molecule has 16 heavy (non-hydrogen) atoms. The Morgan fingerprint density at radius 1 is 1.19 bits per heavy atom. The first-order chi connectivity index (χ1) is 7.83. The number of rotatable bonds is 3. The van der Waals surface area contributed by atoms with Crippen molar-refractivity contribution in [3.8, 4) is 0 Å². The molecule has 0 bridgehead atoms. The summed E-state index contributed by atoms with van der Waals surface area (Å²) in [5.74, 6) is 0.914. The van der Waals surface area contributed by atoms with Crippen molar-refractivity contribution in [1.29, 1.82) is 0 Å². The van der Waals surface area contributed by atoms with E-state index in [0.29, 0.717) is 6.04 Å². The maximum atomic E-state index is 3.64. The van der Waals surface area contributed by atoms with Gasteiger partial charge in [-0.1, -0.05) is 44.5 Å². The van der Waals surface area contributed by atoms with E-state index >= 15 is 0 Å². The fraction of sp³-hybridized carbons (Fsp3) is 0.600. The second kappa shape index (κ2) is 5.49. The Morgan fingerprint density at radius 3 is 2.56 bits per heavy atom. The first-order valence-corrected chi connectivity index (χ1v) is 6.65. The van der Waals surface area contributed by atoms with Crippen molar-refractivity contribution < 1.29 is 0 Å². The van der Waals surface area contributed by atoms with E-state index in [0.717, 1.165) is 12.3 Å². The lowest BCUT2D eigenvalue weighted by Crippen LogP contribution is -2.31. The number of hydrogen-bond acceptors (Lipinski definition) is 1. The average Bonchev–Trinajstić information content (AvgIpc) is 2.39. The minimum absolute atomic E-state index is 0.588. The van der Waals surface area contributed by atoms with Crippen LogP contribution in [0.15, 0.2) is 24.3 Å². The maximum absolute atomic E-state index is 3.64. The molecule has 0 saturated carbocycles. The summed E-state index contributed by atoms with van der Waals surface area (Å²) >= 11 is 0. The van der Waals surface area contributed by atoms with Gasteiger partial charge in [0.15, 0.2) is 0 Å². The molecule has 1 aromatic rings. The van der Waals surface area contributed by atoms with Crippen molar-refractivity contribution in [2.75, 3.05) is 6.54 Å². The number of piperidine rings is 1. The highest BCUT2D eigenvalue weighted by molar-refractivity contribution is 5.25. The SMILES string of the molecule is CCc1ccc(C2CC(CC)CCN2)cc1. The fourth-order valence-corrected chi connectivity index (χ4v) is 2.61. The van der Waals surface area contributed by atoms with E-state index in [-0.39, 0.29) is 0 Å². The van der Waals surface area contributed by atoms with Crippen LogP contribution in [0.2, 0.25) is 0 Å². The van der Waals surface area contributed by atoms with Gasteiger partial charge < -0.3 is 5.32 Å². The molecule has 0 spiro atoms. The van der Waals surface area contributed by atoms with E-state index in [4.69, 9.17) is 0 Å². The fourth-order valence-electron chi connectivity index (χ4n) is 2.61. The molecule has 1 heteroatoms. The van der Waals surface area contributed by atoms with E-state index in [1.165, 1.54) is 36.9 Å². The van der Waals surface area contributed by atoms with E-state index in [1.54, 1.807) is 0 Å². The van der Waals surface area contributed by atoms with Crippen LogP contribution in [0, 0.1) is 5.92 Å². The van der Waals surface area contributed by atoms with E-state index in [2.05, 4.69) is 43.4 Å². The number of aryl methyl sites for hydroxylation is 1. The molecule has 0 amide bonds. The number of benzene rings is 1. The van der Waals surface area contributed by atoms with Crippen LogP contribution in [0.3, 0.4) is 0 Å². The van der Waals surface area contributed by atoms with Gasteiger partial charge in [0.1, 0.15) is 0 Å². The zero-order chi connectivity index (χ0) is 11.4. The Kier molecular flexibility index (Phi) is 4.00. The molecular weight excluding hydrogens is 194 g/mol. The normalized spacial score (nSPS) is 25.6. The monoisotopic (exact) mass is 217 g/mol. The van der Waals surface area contributed by atoms with Crippen LogP contribution < -0.4 is 5.32 Å². The van der Waals surface area contributed by atoms with Crippen LogP contribution in [0.25, 0.3) is 0 Å². The summed E-state index contributed by atoms with van der Waals surface area (Å²) in [6.45, 7) is 5.70. The van der Waals surface area contributed by atoms with Crippen LogP contribution >= 0.6 is 0 Å². The van der Waals surface area contributed by atoms with Gasteiger partial charge >= 0.3 is 0 Å². The molecule has 1 heterocycles. The van der Waals surface area contributed by atoms with Gasteiger partial charge in [0.05, 0.1) is 0 Å². The molecule has 1 saturated heterocycles. The van der Waals surface area contributed by atoms with Gasteiger partial charge in [0, 0.05) is 6.04 Å². The van der Waals surface area contributed by atoms with Crippen molar-refractivity contribution in [2.45, 2.75) is 45.6 Å². The van der Waals surface area contributed by atoms with Gasteiger partial charge in [-0.15, -0.1) is 0 Å². The predicted octanol–water partition coefficient (Wildman–Crippen LogP) is 3.70. The summed E-state index contributed by atoms with van der Waals surface area (Å²) < 4.78 is 0. The van der Waals surface area contributed by atoms with Crippen molar-refractivity contribution in [2.24, 2.45) is 5.92 Å². The zero-order valence-corrected chi connectivity index (χ0v) is 10.5. The number of hydrogen-bond donors (Lipinski definition) is 1. The minimum Gasteiger partial charge on any atom is -0.310 e. The highest BCUT2D eigenvalue weighted by atomic mass is 14.9. The molecule has 0 radical (unpaired) electrons. The molecule has 2 unspecified atom stereocenters. The molecular formula is C15H23N. The molecule has 0 aromatic heterocycles. The first kappa shape index (κ1) is 11.7. The molecule has 2 atom stereocenters. The Hall–Kier alpha value is -0.820. The van der Waals surface area contributed by atoms with E-state index in [1.807, 2.05) is 0 Å². The quantitative estimate of drug-likeness (QED) is 0.814. The van der Waals surface area contributed by atoms with E-state index in [9.17, 15) is 0 Å². The molecule has 1 fully saturated rings. The highest BCUT2D eigenvalue weighted by Gasteiger charge is 2.21. The van der Waals surface area contributed by atoms with Crippen molar-refractivity contribution in [1.82, 2.24) is 5.32 Å². The van der Waals surface area contributed by atoms with Crippen LogP contribution in [-0.2, 0) is 6.42 Å². The molecule has 2 rings (SSSR count). The Bertz CT molecular complexity index is 315. The summed E-state index contributed by atoms with van der Waals surface area (Å²) in [5, 5.41) is 3.64. The Balaban J connectivity index is 2.05. The lowest BCUT2D eigenvalue weighted by Gasteiger charge is -2.30. The number of nitrogens with one attached hydrogen (secondary N) is 1. The van der Waals surface area contributed by atoms with Gasteiger partial charge in [-0.2, -0.15) is 0 Å². The van der Waals surface area contributed by atoms with Gasteiger partial charge in [0.25, 0.3) is 0 Å². The lowest BCUT2D eigenvalue weighted by atomic mass is 9.87. The summed E-state index contributed by atoms with van der Waals surface area (Å²) in [6, 6.07) is 9.73. The summed E-state index contributed by atoms with van der Waals surface area (Å²) in [6.07, 6.45) is 5.11. The van der Waals surface area contributed by atoms with Crippen molar-refractivity contribution >= 4 is 0 Å². The first-order valence-electron chi connectivity index (χ1n) is 6.65. The minimum atomic E-state index is 0.588. The summed E-state index contributed by atoms with van der Waals surface area (Å²) in [4.78, 5) is 0. The summed E-state index contributed by atoms with van der Waals surface area (Å²) in [7, 11) is 0. The Labute approximate surface area is 99.3 Å². The molecule has 88 valence electrons. The molecule has 1 N–H and O–H groups in total. The van der Waals surface area contributed by atoms with Gasteiger partial charge in [0.2, 0.25) is 0 Å². The third-order valence-corrected chi connectivity index (χ3v) is 3.88. The zero-order valence-electron chi connectivity index (χ0n) is 10.5.